The molecule has 0 spiro atoms. The molecule has 4 aromatic rings. The fourth-order valence-electron chi connectivity index (χ4n) is 10.8. The van der Waals surface area contributed by atoms with Crippen LogP contribution in [0.4, 0.5) is 40.2 Å². The molecule has 9 N–H and O–H groups in total. The Morgan fingerprint density at radius 3 is 1.20 bits per heavy atom. The van der Waals surface area contributed by atoms with E-state index in [2.05, 4.69) is 52.2 Å². The maximum atomic E-state index is 11.0. The summed E-state index contributed by atoms with van der Waals surface area (Å²) in [6, 6.07) is 9.01. The Hall–Kier alpha value is -3.82. The Morgan fingerprint density at radius 2 is 0.844 bits per heavy atom. The van der Waals surface area contributed by atoms with Gasteiger partial charge in [-0.3, -0.25) is 29.8 Å². The Morgan fingerprint density at radius 1 is 0.522 bits per heavy atom. The summed E-state index contributed by atoms with van der Waals surface area (Å²) in [5.41, 5.74) is 13.0. The van der Waals surface area contributed by atoms with Crippen LogP contribution in [0, 0.1) is 20.2 Å². The SMILES string of the molecule is CO.COc1cnc(Cl)c([N+](=O)[O-])c1.COc1cnc(NC2CCCCC2)c(N)c1.COc1cnc(NC2CCCCC2)c(NC2CCCCC2)c1.COc1cnc(NC2CCCCC2)c([N+](=O)[O-])c1.NC1CCCCC1.O=C1CCCCC1.O=CO[O-].[H-].[K+].[K+]. The first-order valence-corrected chi connectivity index (χ1v) is 31.4. The number of methoxy groups -OCH3 is 4. The molecule has 0 amide bonds. The van der Waals surface area contributed by atoms with Gasteiger partial charge in [-0.15, -0.1) is 0 Å². The first-order chi connectivity index (χ1) is 42.7. The van der Waals surface area contributed by atoms with Crippen molar-refractivity contribution < 1.29 is 158 Å². The first-order valence-electron chi connectivity index (χ1n) is 31.1. The quantitative estimate of drug-likeness (QED) is 0.0170. The van der Waals surface area contributed by atoms with Gasteiger partial charge in [-0.05, 0) is 77.0 Å². The normalized spacial score (nSPS) is 16.6. The van der Waals surface area contributed by atoms with E-state index in [0.29, 0.717) is 64.7 Å². The fourth-order valence-corrected chi connectivity index (χ4v) is 11.0. The van der Waals surface area contributed by atoms with Crippen LogP contribution in [0.5, 0.6) is 23.0 Å². The molecule has 0 unspecified atom stereocenters. The van der Waals surface area contributed by atoms with Crippen LogP contribution >= 0.6 is 11.6 Å². The zero-order chi connectivity index (χ0) is 64.3. The summed E-state index contributed by atoms with van der Waals surface area (Å²) in [4.78, 5) is 58.5. The van der Waals surface area contributed by atoms with Crippen molar-refractivity contribution in [3.05, 3.63) is 74.4 Å². The minimum Gasteiger partial charge on any atom is -1.00 e. The molecule has 0 bridgehead atoms. The maximum absolute atomic E-state index is 11.0. The smallest absolute Gasteiger partial charge is 1.00 e. The molecule has 90 heavy (non-hydrogen) atoms. The number of anilines is 5. The van der Waals surface area contributed by atoms with Gasteiger partial charge in [-0.1, -0.05) is 114 Å². The van der Waals surface area contributed by atoms with Gasteiger partial charge in [0.1, 0.15) is 40.4 Å². The number of pyridine rings is 4. The third-order valence-corrected chi connectivity index (χ3v) is 15.9. The van der Waals surface area contributed by atoms with E-state index < -0.39 is 9.85 Å². The summed E-state index contributed by atoms with van der Waals surface area (Å²) in [5, 5.41) is 50.6. The van der Waals surface area contributed by atoms with Gasteiger partial charge in [0, 0.05) is 62.3 Å². The number of ether oxygens (including phenoxy) is 4. The van der Waals surface area contributed by atoms with Crippen LogP contribution in [-0.4, -0.2) is 113 Å². The molecule has 6 saturated carbocycles. The van der Waals surface area contributed by atoms with Crippen LogP contribution in [0.15, 0.2) is 49.1 Å². The molecule has 6 fully saturated rings. The van der Waals surface area contributed by atoms with E-state index in [9.17, 15) is 25.0 Å². The van der Waals surface area contributed by atoms with Gasteiger partial charge < -0.3 is 68.4 Å². The summed E-state index contributed by atoms with van der Waals surface area (Å²) in [6.07, 6.45) is 43.4. The number of nitrogens with two attached hydrogens (primary N) is 2. The van der Waals surface area contributed by atoms with Gasteiger partial charge in [0.05, 0.1) is 86.6 Å². The number of nitro groups is 2. The minimum absolute atomic E-state index is 0. The molecule has 494 valence electrons. The zero-order valence-corrected chi connectivity index (χ0v) is 61.4. The van der Waals surface area contributed by atoms with Crippen molar-refractivity contribution in [2.45, 2.75) is 223 Å². The molecule has 25 nitrogen and oxygen atoms in total. The van der Waals surface area contributed by atoms with Gasteiger partial charge in [-0.25, -0.2) is 19.9 Å². The number of halogens is 1. The van der Waals surface area contributed by atoms with Crippen LogP contribution in [0.1, 0.15) is 194 Å². The van der Waals surface area contributed by atoms with Crippen molar-refractivity contribution in [3.63, 3.8) is 0 Å². The molecule has 28 heteroatoms. The van der Waals surface area contributed by atoms with Crippen molar-refractivity contribution in [2.75, 3.05) is 62.5 Å². The Balaban J connectivity index is 0.00000108. The zero-order valence-electron chi connectivity index (χ0n) is 55.4. The van der Waals surface area contributed by atoms with Crippen LogP contribution in [0.25, 0.3) is 0 Å². The summed E-state index contributed by atoms with van der Waals surface area (Å²) in [7, 11) is 7.18. The number of nitrogens with one attached hydrogen (secondary N) is 4. The monoisotopic (exact) mass is 1330 g/mol. The van der Waals surface area contributed by atoms with Crippen molar-refractivity contribution >= 4 is 64.1 Å². The van der Waals surface area contributed by atoms with Crippen LogP contribution in [0.2, 0.25) is 5.15 Å². The van der Waals surface area contributed by atoms with Gasteiger partial charge in [0.25, 0.3) is 6.47 Å². The van der Waals surface area contributed by atoms with Gasteiger partial charge in [0.15, 0.2) is 0 Å². The molecule has 0 saturated heterocycles. The number of aromatic nitrogens is 4. The number of ketones is 1. The fraction of sp³-hybridized carbons (Fsp3) is 0.645. The first kappa shape index (κ1) is 84.2. The number of hydrogen-bond donors (Lipinski definition) is 7. The van der Waals surface area contributed by atoms with E-state index in [4.69, 9.17) is 57.2 Å². The van der Waals surface area contributed by atoms with Crippen molar-refractivity contribution in [2.24, 2.45) is 5.73 Å². The third kappa shape index (κ3) is 34.9. The van der Waals surface area contributed by atoms with Gasteiger partial charge in [-0.2, -0.15) is 0 Å². The van der Waals surface area contributed by atoms with Crippen molar-refractivity contribution in [1.29, 1.82) is 0 Å². The predicted octanol–water partition coefficient (Wildman–Crippen LogP) is 6.35. The Labute approximate surface area is 623 Å². The number of hydrogen-bond acceptors (Lipinski definition) is 23. The van der Waals surface area contributed by atoms with E-state index in [1.807, 2.05) is 6.20 Å². The Bertz CT molecular complexity index is 2600. The maximum Gasteiger partial charge on any atom is 1.00 e. The topological polar surface area (TPSA) is 362 Å². The summed E-state index contributed by atoms with van der Waals surface area (Å²) >= 11 is 5.44. The molecule has 0 radical (unpaired) electrons. The standard InChI is InChI=1S/C18H29N3O.C12H17N3O3.C12H19N3O.C6H5ClN2O3.C6H13N.C6H10O.CH2O3.CH4O.2K.H/c1-22-16-12-17(20-14-8-4-2-5-9-14)18(19-13-16)21-15-10-6-3-7-11-15;1-18-10-7-11(15(16)17)12(13-8-10)14-9-5-3-2-4-6-9;1-16-10-7-11(13)12(14-8-10)15-9-5-3-2-4-6-9;1-12-4-2-5(9(10)11)6(7)8-3-4;2*7-6-4-2-1-3-5-6;2-1-4-3;1-2;;;/h12-15,20H,2-11H2,1H3,(H,19,21);7-9H,2-6H2,1H3,(H,13,14);7-9H,2-6,13H2,1H3,(H,14,15);2-3H,1H3;6H,1-5,7H2;1-5H2;1,3H;2H,1H3;;;/q;;;;;;;;2*+1;-1/p-1. The number of nitrogens with zero attached hydrogens (tertiary/aromatic N) is 6. The molecule has 0 aliphatic heterocycles. The van der Waals surface area contributed by atoms with Crippen molar-refractivity contribution in [3.8, 4) is 23.0 Å². The van der Waals surface area contributed by atoms with Gasteiger partial charge in [0.2, 0.25) is 11.0 Å². The molecule has 0 atom stereocenters. The van der Waals surface area contributed by atoms with Crippen LogP contribution in [0.3, 0.4) is 0 Å². The van der Waals surface area contributed by atoms with E-state index in [1.54, 1.807) is 26.5 Å². The van der Waals surface area contributed by atoms with E-state index in [-0.39, 0.29) is 127 Å². The van der Waals surface area contributed by atoms with Crippen LogP contribution < -0.4 is 160 Å². The summed E-state index contributed by atoms with van der Waals surface area (Å²) < 4.78 is 20.1. The number of carbonyl (C=O) groups is 2. The average Bonchev–Trinajstić information content (AvgIpc) is 1.59. The average molecular weight is 1330 g/mol. The molecule has 4 aromatic heterocycles. The third-order valence-electron chi connectivity index (χ3n) is 15.6. The van der Waals surface area contributed by atoms with Crippen LogP contribution in [-0.2, 0) is 14.5 Å². The second-order valence-electron chi connectivity index (χ2n) is 22.1. The molecular formula is C62H99ClK2N12O13. The molecule has 6 aliphatic rings. The second-order valence-corrected chi connectivity index (χ2v) is 22.5. The predicted molar refractivity (Wildman–Crippen MR) is 343 cm³/mol. The molecule has 6 aliphatic carbocycles. The number of aliphatic hydroxyl groups excluding tert-OH is 1. The number of carbonyl (C=O) groups excluding carboxylic acids is 2. The Kier molecular flexibility index (Phi) is 48.3. The van der Waals surface area contributed by atoms with E-state index in [1.165, 1.54) is 193 Å². The molecule has 10 rings (SSSR count). The molecule has 4 heterocycles. The molecular weight excluding hydrogens is 1230 g/mol. The number of Topliss-reactive ketones (excluding diaryl/α,β-unsaturated/α-hetero) is 1. The van der Waals surface area contributed by atoms with Gasteiger partial charge >= 0.3 is 114 Å². The number of nitrogen functional groups attached to an aromatic ring is 1. The molecule has 0 aromatic carbocycles. The number of aliphatic hydroxyl groups is 1. The minimum atomic E-state index is -0.613. The van der Waals surface area contributed by atoms with Crippen molar-refractivity contribution in [1.82, 2.24) is 19.9 Å². The van der Waals surface area contributed by atoms with E-state index >= 15 is 0 Å². The summed E-state index contributed by atoms with van der Waals surface area (Å²) in [6.45, 7) is -0.181. The number of rotatable bonds is 15. The van der Waals surface area contributed by atoms with E-state index in [0.717, 1.165) is 68.7 Å². The summed E-state index contributed by atoms with van der Waals surface area (Å²) in [5.74, 6) is 4.83. The second kappa shape index (κ2) is 51.6. The largest absolute Gasteiger partial charge is 1.00 e.